The minimum atomic E-state index is -0.996. The Hall–Kier alpha value is -3.68. The predicted molar refractivity (Wildman–Crippen MR) is 103 cm³/mol. The summed E-state index contributed by atoms with van der Waals surface area (Å²) >= 11 is 0. The highest BCUT2D eigenvalue weighted by molar-refractivity contribution is 5.89. The van der Waals surface area contributed by atoms with Crippen LogP contribution in [0.4, 0.5) is 10.5 Å². The highest BCUT2D eigenvalue weighted by atomic mass is 16.5. The fourth-order valence-electron chi connectivity index (χ4n) is 2.45. The molecule has 3 rings (SSSR count). The molecule has 2 aromatic carbocycles. The van der Waals surface area contributed by atoms with Crippen molar-refractivity contribution in [1.29, 1.82) is 0 Å². The average molecular weight is 380 g/mol. The van der Waals surface area contributed by atoms with Gasteiger partial charge in [0.25, 0.3) is 5.89 Å². The van der Waals surface area contributed by atoms with Crippen molar-refractivity contribution >= 4 is 17.7 Å². The predicted octanol–water partition coefficient (Wildman–Crippen LogP) is 3.45. The Kier molecular flexibility index (Phi) is 5.69. The molecule has 0 aliphatic carbocycles. The van der Waals surface area contributed by atoms with E-state index >= 15 is 0 Å². The van der Waals surface area contributed by atoms with Crippen LogP contribution in [-0.2, 0) is 6.42 Å². The summed E-state index contributed by atoms with van der Waals surface area (Å²) in [6.07, 6.45) is 0.425. The van der Waals surface area contributed by atoms with Crippen molar-refractivity contribution in [3.63, 3.8) is 0 Å². The third-order valence-electron chi connectivity index (χ3n) is 4.17. The molecule has 0 bridgehead atoms. The molecule has 0 radical (unpaired) electrons. The summed E-state index contributed by atoms with van der Waals surface area (Å²) < 4.78 is 5.22. The second kappa shape index (κ2) is 8.34. The Morgan fingerprint density at radius 1 is 1.11 bits per heavy atom. The van der Waals surface area contributed by atoms with Crippen LogP contribution >= 0.6 is 0 Å². The summed E-state index contributed by atoms with van der Waals surface area (Å²) in [5, 5.41) is 15.7. The van der Waals surface area contributed by atoms with Crippen LogP contribution in [0.1, 0.15) is 21.7 Å². The number of aryl methyl sites for hydroxylation is 1. The molecule has 3 aromatic rings. The summed E-state index contributed by atoms with van der Waals surface area (Å²) in [5.74, 6) is -0.226. The number of carboxylic acids is 1. The van der Waals surface area contributed by atoms with E-state index in [1.807, 2.05) is 31.2 Å². The molecule has 8 nitrogen and oxygen atoms in total. The lowest BCUT2D eigenvalue weighted by molar-refractivity contribution is 0.0697. The molecular formula is C20H20N4O4. The number of rotatable bonds is 6. The highest BCUT2D eigenvalue weighted by Crippen LogP contribution is 2.18. The molecule has 0 spiro atoms. The van der Waals surface area contributed by atoms with Gasteiger partial charge in [-0.1, -0.05) is 22.9 Å². The lowest BCUT2D eigenvalue weighted by atomic mass is 10.1. The number of nitrogens with one attached hydrogen (secondary N) is 1. The van der Waals surface area contributed by atoms with E-state index in [4.69, 9.17) is 9.63 Å². The van der Waals surface area contributed by atoms with Crippen LogP contribution in [0.3, 0.4) is 0 Å². The average Bonchev–Trinajstić information content (AvgIpc) is 3.17. The van der Waals surface area contributed by atoms with Crippen molar-refractivity contribution in [3.8, 4) is 11.5 Å². The number of anilines is 1. The van der Waals surface area contributed by atoms with Crippen LogP contribution in [0, 0.1) is 6.92 Å². The number of benzene rings is 2. The maximum Gasteiger partial charge on any atom is 0.335 e. The minimum absolute atomic E-state index is 0.185. The summed E-state index contributed by atoms with van der Waals surface area (Å²) in [5.41, 5.74) is 2.67. The molecule has 144 valence electrons. The Labute approximate surface area is 161 Å². The molecule has 0 aliphatic rings. The van der Waals surface area contributed by atoms with Crippen LogP contribution < -0.4 is 5.32 Å². The zero-order valence-electron chi connectivity index (χ0n) is 15.5. The first-order chi connectivity index (χ1) is 13.4. The van der Waals surface area contributed by atoms with Gasteiger partial charge in [0.1, 0.15) is 0 Å². The van der Waals surface area contributed by atoms with E-state index in [-0.39, 0.29) is 11.6 Å². The Bertz CT molecular complexity index is 965. The minimum Gasteiger partial charge on any atom is -0.478 e. The normalized spacial score (nSPS) is 10.5. The molecule has 0 saturated heterocycles. The molecule has 28 heavy (non-hydrogen) atoms. The van der Waals surface area contributed by atoms with E-state index in [0.29, 0.717) is 30.2 Å². The smallest absolute Gasteiger partial charge is 0.335 e. The van der Waals surface area contributed by atoms with Gasteiger partial charge in [0.15, 0.2) is 5.82 Å². The number of carbonyl (C=O) groups is 2. The molecule has 2 N–H and O–H groups in total. The van der Waals surface area contributed by atoms with Crippen LogP contribution in [0.2, 0.25) is 0 Å². The third-order valence-corrected chi connectivity index (χ3v) is 4.17. The maximum absolute atomic E-state index is 12.2. The van der Waals surface area contributed by atoms with Crippen molar-refractivity contribution in [3.05, 3.63) is 65.5 Å². The van der Waals surface area contributed by atoms with Crippen molar-refractivity contribution in [2.45, 2.75) is 13.3 Å². The molecule has 0 unspecified atom stereocenters. The second-order valence-corrected chi connectivity index (χ2v) is 6.37. The van der Waals surface area contributed by atoms with Crippen molar-refractivity contribution in [2.24, 2.45) is 0 Å². The van der Waals surface area contributed by atoms with Crippen LogP contribution in [0.5, 0.6) is 0 Å². The fraction of sp³-hybridized carbons (Fsp3) is 0.200. The summed E-state index contributed by atoms with van der Waals surface area (Å²) in [6.45, 7) is 2.39. The number of urea groups is 1. The van der Waals surface area contributed by atoms with E-state index in [2.05, 4.69) is 15.5 Å². The van der Waals surface area contributed by atoms with E-state index < -0.39 is 5.97 Å². The maximum atomic E-state index is 12.2. The van der Waals surface area contributed by atoms with Gasteiger partial charge in [0, 0.05) is 31.3 Å². The third kappa shape index (κ3) is 4.73. The molecule has 0 fully saturated rings. The topological polar surface area (TPSA) is 109 Å². The molecule has 0 atom stereocenters. The molecule has 2 amide bonds. The molecule has 0 aliphatic heterocycles. The van der Waals surface area contributed by atoms with Gasteiger partial charge < -0.3 is 19.8 Å². The summed E-state index contributed by atoms with van der Waals surface area (Å²) in [6, 6.07) is 13.5. The molecule has 0 saturated carbocycles. The quantitative estimate of drug-likeness (QED) is 0.678. The Balaban J connectivity index is 1.55. The first kappa shape index (κ1) is 19.1. The van der Waals surface area contributed by atoms with Crippen molar-refractivity contribution in [1.82, 2.24) is 15.0 Å². The molecule has 8 heteroatoms. The van der Waals surface area contributed by atoms with E-state index in [1.165, 1.54) is 17.0 Å². The number of hydrogen-bond donors (Lipinski definition) is 2. The van der Waals surface area contributed by atoms with Gasteiger partial charge in [0.05, 0.1) is 5.56 Å². The van der Waals surface area contributed by atoms with Gasteiger partial charge in [0.2, 0.25) is 0 Å². The lowest BCUT2D eigenvalue weighted by Crippen LogP contribution is -2.33. The van der Waals surface area contributed by atoms with Gasteiger partial charge in [-0.3, -0.25) is 0 Å². The van der Waals surface area contributed by atoms with Gasteiger partial charge in [-0.05, 0) is 43.3 Å². The number of amides is 2. The van der Waals surface area contributed by atoms with Gasteiger partial charge in [-0.15, -0.1) is 0 Å². The largest absolute Gasteiger partial charge is 0.478 e. The van der Waals surface area contributed by atoms with Gasteiger partial charge in [-0.2, -0.15) is 4.98 Å². The Morgan fingerprint density at radius 2 is 1.79 bits per heavy atom. The molecule has 1 aromatic heterocycles. The van der Waals surface area contributed by atoms with Crippen LogP contribution in [0.15, 0.2) is 53.1 Å². The number of nitrogens with zero attached hydrogens (tertiary/aromatic N) is 3. The number of hydrogen-bond acceptors (Lipinski definition) is 5. The van der Waals surface area contributed by atoms with E-state index in [1.54, 1.807) is 19.2 Å². The number of carboxylic acid groups (broad SMARTS) is 1. The first-order valence-corrected chi connectivity index (χ1v) is 8.67. The Morgan fingerprint density at radius 3 is 2.43 bits per heavy atom. The zero-order chi connectivity index (χ0) is 20.1. The van der Waals surface area contributed by atoms with E-state index in [9.17, 15) is 9.59 Å². The zero-order valence-corrected chi connectivity index (χ0v) is 15.5. The fourth-order valence-corrected chi connectivity index (χ4v) is 2.45. The number of aromatic carboxylic acids is 1. The lowest BCUT2D eigenvalue weighted by Gasteiger charge is -2.17. The SMILES string of the molecule is Cc1ccc(NC(=O)N(C)CCc2noc(-c3ccc(C(=O)O)cc3)n2)cc1. The number of carbonyl (C=O) groups excluding carboxylic acids is 1. The summed E-state index contributed by atoms with van der Waals surface area (Å²) in [4.78, 5) is 29.0. The van der Waals surface area contributed by atoms with Crippen LogP contribution in [-0.4, -0.2) is 45.7 Å². The molecular weight excluding hydrogens is 360 g/mol. The van der Waals surface area contributed by atoms with Crippen molar-refractivity contribution < 1.29 is 19.2 Å². The van der Waals surface area contributed by atoms with Gasteiger partial charge >= 0.3 is 12.0 Å². The number of aromatic nitrogens is 2. The number of likely N-dealkylation sites (N-methyl/N-ethyl adjacent to an activating group) is 1. The van der Waals surface area contributed by atoms with Crippen LogP contribution in [0.25, 0.3) is 11.5 Å². The van der Waals surface area contributed by atoms with Gasteiger partial charge in [-0.25, -0.2) is 9.59 Å². The first-order valence-electron chi connectivity index (χ1n) is 8.67. The standard InChI is InChI=1S/C20H20N4O4/c1-13-3-9-16(10-4-13)21-20(27)24(2)12-11-17-22-18(28-23-17)14-5-7-15(8-6-14)19(25)26/h3-10H,11-12H2,1-2H3,(H,21,27)(H,25,26). The van der Waals surface area contributed by atoms with E-state index in [0.717, 1.165) is 11.3 Å². The molecule has 1 heterocycles. The monoisotopic (exact) mass is 380 g/mol. The van der Waals surface area contributed by atoms with Crippen molar-refractivity contribution in [2.75, 3.05) is 18.9 Å². The highest BCUT2D eigenvalue weighted by Gasteiger charge is 2.13. The summed E-state index contributed by atoms with van der Waals surface area (Å²) in [7, 11) is 1.69. The second-order valence-electron chi connectivity index (χ2n) is 6.37.